The maximum absolute atomic E-state index is 12.0. The average molecular weight is 463 g/mol. The summed E-state index contributed by atoms with van der Waals surface area (Å²) in [5.74, 6) is -0.249. The molecule has 8 heteroatoms. The molecule has 3 N–H and O–H groups in total. The number of carbonyl (C=O) groups is 1. The molecule has 0 aliphatic rings. The number of rotatable bonds is 2. The van der Waals surface area contributed by atoms with Gasteiger partial charge >= 0.3 is 0 Å². The van der Waals surface area contributed by atoms with Crippen molar-refractivity contribution < 1.29 is 4.79 Å². The van der Waals surface area contributed by atoms with Crippen molar-refractivity contribution in [2.75, 3.05) is 5.32 Å². The van der Waals surface area contributed by atoms with E-state index in [9.17, 15) is 4.79 Å². The third-order valence-corrected chi connectivity index (χ3v) is 6.10. The van der Waals surface area contributed by atoms with Crippen molar-refractivity contribution >= 4 is 72.1 Å². The van der Waals surface area contributed by atoms with E-state index in [1.807, 2.05) is 26.0 Å². The summed E-state index contributed by atoms with van der Waals surface area (Å²) < 4.78 is 1.71. The Morgan fingerprint density at radius 3 is 2.27 bits per heavy atom. The van der Waals surface area contributed by atoms with E-state index in [0.717, 1.165) is 25.1 Å². The maximum Gasteiger partial charge on any atom is 0.279 e. The lowest BCUT2D eigenvalue weighted by atomic mass is 10.1. The lowest BCUT2D eigenvalue weighted by Gasteiger charge is -2.12. The Labute approximate surface area is 154 Å². The van der Waals surface area contributed by atoms with E-state index in [2.05, 4.69) is 54.1 Å². The van der Waals surface area contributed by atoms with Crippen LogP contribution in [0.3, 0.4) is 0 Å². The molecule has 0 bridgehead atoms. The molecule has 1 amide bonds. The molecule has 0 aliphatic heterocycles. The molecule has 1 aromatic heterocycles. The Morgan fingerprint density at radius 1 is 1.09 bits per heavy atom. The molecule has 22 heavy (non-hydrogen) atoms. The average Bonchev–Trinajstić information content (AvgIpc) is 2.75. The first-order valence-corrected chi connectivity index (χ1v) is 9.06. The van der Waals surface area contributed by atoms with E-state index in [1.54, 1.807) is 6.07 Å². The molecule has 0 saturated heterocycles. The van der Waals surface area contributed by atoms with Crippen molar-refractivity contribution in [1.29, 1.82) is 0 Å². The van der Waals surface area contributed by atoms with Crippen LogP contribution in [0.1, 0.15) is 20.8 Å². The van der Waals surface area contributed by atoms with Gasteiger partial charge in [0.25, 0.3) is 5.91 Å². The fourth-order valence-electron chi connectivity index (χ4n) is 1.84. The van der Waals surface area contributed by atoms with Gasteiger partial charge in [-0.3, -0.25) is 15.6 Å². The molecule has 0 saturated carbocycles. The summed E-state index contributed by atoms with van der Waals surface area (Å²) in [5, 5.41) is 3.36. The minimum absolute atomic E-state index is 0.249. The number of hydrogen-bond acceptors (Lipinski definition) is 3. The summed E-state index contributed by atoms with van der Waals surface area (Å²) in [6, 6.07) is 7.79. The highest BCUT2D eigenvalue weighted by atomic mass is 79.9. The van der Waals surface area contributed by atoms with Crippen molar-refractivity contribution in [1.82, 2.24) is 10.9 Å². The molecule has 4 nitrogen and oxygen atoms in total. The number of thiophene rings is 1. The SMILES string of the molecule is Cc1cc(C)cc(NC(=S)NNC(=O)c2cc(Br)c(Br)s2)c1. The van der Waals surface area contributed by atoms with Crippen LogP contribution in [-0.2, 0) is 0 Å². The van der Waals surface area contributed by atoms with Crippen LogP contribution in [0.25, 0.3) is 0 Å². The molecule has 116 valence electrons. The number of hydrogen-bond donors (Lipinski definition) is 3. The van der Waals surface area contributed by atoms with Gasteiger partial charge in [-0.1, -0.05) is 6.07 Å². The van der Waals surface area contributed by atoms with Crippen molar-refractivity contribution in [3.63, 3.8) is 0 Å². The molecule has 1 aromatic carbocycles. The number of nitrogens with one attached hydrogen (secondary N) is 3. The fraction of sp³-hybridized carbons (Fsp3) is 0.143. The minimum Gasteiger partial charge on any atom is -0.331 e. The van der Waals surface area contributed by atoms with Crippen molar-refractivity contribution in [2.45, 2.75) is 13.8 Å². The monoisotopic (exact) mass is 461 g/mol. The van der Waals surface area contributed by atoms with Gasteiger partial charge in [0.1, 0.15) is 0 Å². The molecule has 0 unspecified atom stereocenters. The largest absolute Gasteiger partial charge is 0.331 e. The lowest BCUT2D eigenvalue weighted by Crippen LogP contribution is -2.43. The maximum atomic E-state index is 12.0. The van der Waals surface area contributed by atoms with Crippen LogP contribution in [0.2, 0.25) is 0 Å². The van der Waals surface area contributed by atoms with Crippen LogP contribution in [0.4, 0.5) is 5.69 Å². The highest BCUT2D eigenvalue weighted by Crippen LogP contribution is 2.32. The number of anilines is 1. The standard InChI is InChI=1S/C14H13Br2N3OS2/c1-7-3-8(2)5-9(4-7)17-14(21)19-18-13(20)11-6-10(15)12(16)22-11/h3-6H,1-2H3,(H,18,20)(H2,17,19,21). The zero-order valence-electron chi connectivity index (χ0n) is 11.8. The molecule has 2 rings (SSSR count). The highest BCUT2D eigenvalue weighted by molar-refractivity contribution is 9.13. The number of thiocarbonyl (C=S) groups is 1. The van der Waals surface area contributed by atoms with E-state index >= 15 is 0 Å². The zero-order chi connectivity index (χ0) is 16.3. The number of aryl methyl sites for hydroxylation is 2. The smallest absolute Gasteiger partial charge is 0.279 e. The predicted octanol–water partition coefficient (Wildman–Crippen LogP) is 4.52. The van der Waals surface area contributed by atoms with E-state index < -0.39 is 0 Å². The summed E-state index contributed by atoms with van der Waals surface area (Å²) in [5.41, 5.74) is 8.42. The van der Waals surface area contributed by atoms with E-state index in [-0.39, 0.29) is 5.91 Å². The second-order valence-corrected chi connectivity index (χ2v) is 8.27. The number of hydrazine groups is 1. The second kappa shape index (κ2) is 7.54. The van der Waals surface area contributed by atoms with E-state index in [4.69, 9.17) is 12.2 Å². The van der Waals surface area contributed by atoms with Gasteiger partial charge in [0.15, 0.2) is 5.11 Å². The Kier molecular flexibility index (Phi) is 5.96. The number of benzene rings is 1. The van der Waals surface area contributed by atoms with Crippen molar-refractivity contribution in [2.24, 2.45) is 0 Å². The first-order chi connectivity index (χ1) is 10.3. The molecule has 1 heterocycles. The van der Waals surface area contributed by atoms with Crippen LogP contribution in [0.5, 0.6) is 0 Å². The Bertz CT molecular complexity index is 691. The zero-order valence-corrected chi connectivity index (χ0v) is 16.6. The number of amides is 1. The van der Waals surface area contributed by atoms with Crippen LogP contribution in [-0.4, -0.2) is 11.0 Å². The van der Waals surface area contributed by atoms with Gasteiger partial charge in [0.2, 0.25) is 0 Å². The van der Waals surface area contributed by atoms with Crippen molar-refractivity contribution in [3.8, 4) is 0 Å². The van der Waals surface area contributed by atoms with Gasteiger partial charge in [-0.25, -0.2) is 0 Å². The van der Waals surface area contributed by atoms with Gasteiger partial charge in [0.05, 0.1) is 8.66 Å². The van der Waals surface area contributed by atoms with E-state index in [1.165, 1.54) is 11.3 Å². The molecule has 2 aromatic rings. The Morgan fingerprint density at radius 2 is 1.73 bits per heavy atom. The minimum atomic E-state index is -0.249. The van der Waals surface area contributed by atoms with Gasteiger partial charge in [-0.15, -0.1) is 11.3 Å². The normalized spacial score (nSPS) is 10.2. The highest BCUT2D eigenvalue weighted by Gasteiger charge is 2.12. The summed E-state index contributed by atoms with van der Waals surface area (Å²) >= 11 is 13.2. The second-order valence-electron chi connectivity index (χ2n) is 4.64. The fourth-order valence-corrected chi connectivity index (χ4v) is 3.94. The first kappa shape index (κ1) is 17.4. The summed E-state index contributed by atoms with van der Waals surface area (Å²) in [7, 11) is 0. The first-order valence-electron chi connectivity index (χ1n) is 6.25. The van der Waals surface area contributed by atoms with Gasteiger partial charge in [-0.05, 0) is 87.3 Å². The van der Waals surface area contributed by atoms with Crippen LogP contribution in [0.15, 0.2) is 32.5 Å². The van der Waals surface area contributed by atoms with Crippen LogP contribution < -0.4 is 16.2 Å². The number of carbonyl (C=O) groups excluding carboxylic acids is 1. The molecule has 0 spiro atoms. The Hall–Kier alpha value is -0.960. The van der Waals surface area contributed by atoms with Gasteiger partial charge in [0, 0.05) is 10.2 Å². The van der Waals surface area contributed by atoms with Crippen LogP contribution >= 0.6 is 55.4 Å². The summed E-state index contributed by atoms with van der Waals surface area (Å²) in [6.45, 7) is 4.03. The molecule has 0 atom stereocenters. The lowest BCUT2D eigenvalue weighted by molar-refractivity contribution is 0.0948. The molecule has 0 radical (unpaired) electrons. The molecular weight excluding hydrogens is 450 g/mol. The van der Waals surface area contributed by atoms with E-state index in [0.29, 0.717) is 9.99 Å². The molecule has 0 fully saturated rings. The summed E-state index contributed by atoms with van der Waals surface area (Å²) in [4.78, 5) is 12.6. The van der Waals surface area contributed by atoms with Gasteiger partial charge in [-0.2, -0.15) is 0 Å². The Balaban J connectivity index is 1.91. The predicted molar refractivity (Wildman–Crippen MR) is 102 cm³/mol. The van der Waals surface area contributed by atoms with Crippen molar-refractivity contribution in [3.05, 3.63) is 48.5 Å². The molecule has 0 aliphatic carbocycles. The third-order valence-electron chi connectivity index (χ3n) is 2.64. The number of halogens is 2. The van der Waals surface area contributed by atoms with Crippen LogP contribution in [0, 0.1) is 13.8 Å². The van der Waals surface area contributed by atoms with Gasteiger partial charge < -0.3 is 5.32 Å². The topological polar surface area (TPSA) is 53.2 Å². The third kappa shape index (κ3) is 4.77. The quantitative estimate of drug-likeness (QED) is 0.453. The summed E-state index contributed by atoms with van der Waals surface area (Å²) in [6.07, 6.45) is 0. The molecular formula is C14H13Br2N3OS2.